The Hall–Kier alpha value is -1.63. The van der Waals surface area contributed by atoms with Crippen LogP contribution < -0.4 is 0 Å². The number of likely N-dealkylation sites (tertiary alicyclic amines) is 1. The van der Waals surface area contributed by atoms with Gasteiger partial charge in [-0.3, -0.25) is 9.80 Å². The van der Waals surface area contributed by atoms with Crippen LogP contribution in [0.1, 0.15) is 82.7 Å². The minimum absolute atomic E-state index is 0.114. The first-order chi connectivity index (χ1) is 15.0. The number of piperazine rings is 1. The Kier molecular flexibility index (Phi) is 6.34. The summed E-state index contributed by atoms with van der Waals surface area (Å²) in [4.78, 5) is 19.6. The van der Waals surface area contributed by atoms with Gasteiger partial charge >= 0.3 is 6.09 Å². The molecule has 1 aliphatic carbocycles. The lowest BCUT2D eigenvalue weighted by molar-refractivity contribution is -0.0400. The van der Waals surface area contributed by atoms with Gasteiger partial charge in [-0.1, -0.05) is 23.8 Å². The lowest BCUT2D eigenvalue weighted by Crippen LogP contribution is -2.62. The van der Waals surface area contributed by atoms with Crippen molar-refractivity contribution in [3.05, 3.63) is 34.9 Å². The van der Waals surface area contributed by atoms with Crippen LogP contribution in [0.15, 0.2) is 18.2 Å². The average Bonchev–Trinajstić information content (AvgIpc) is 3.02. The minimum atomic E-state index is -0.450. The van der Waals surface area contributed by atoms with Gasteiger partial charge in [0.1, 0.15) is 5.60 Å². The van der Waals surface area contributed by atoms with Crippen LogP contribution in [-0.4, -0.2) is 75.8 Å². The normalized spacial score (nSPS) is 29.1. The second-order valence-corrected chi connectivity index (χ2v) is 11.4. The number of ether oxygens (including phenoxy) is 1. The topological polar surface area (TPSA) is 56.2 Å². The zero-order valence-electron chi connectivity index (χ0n) is 20.7. The first-order valence-electron chi connectivity index (χ1n) is 12.2. The summed E-state index contributed by atoms with van der Waals surface area (Å²) in [5, 5.41) is 10.7. The molecular formula is C26H41N3O3. The molecule has 0 saturated carbocycles. The molecule has 1 aromatic carbocycles. The van der Waals surface area contributed by atoms with Crippen molar-refractivity contribution in [1.82, 2.24) is 14.7 Å². The van der Waals surface area contributed by atoms with Gasteiger partial charge < -0.3 is 14.7 Å². The quantitative estimate of drug-likeness (QED) is 0.740. The number of hydrogen-bond acceptors (Lipinski definition) is 5. The maximum atomic E-state index is 12.5. The maximum Gasteiger partial charge on any atom is 0.410 e. The monoisotopic (exact) mass is 443 g/mol. The van der Waals surface area contributed by atoms with E-state index in [1.807, 2.05) is 25.7 Å². The van der Waals surface area contributed by atoms with E-state index in [9.17, 15) is 9.90 Å². The smallest absolute Gasteiger partial charge is 0.410 e. The number of aryl methyl sites for hydroxylation is 1. The van der Waals surface area contributed by atoms with Gasteiger partial charge in [0.15, 0.2) is 0 Å². The Bertz CT molecular complexity index is 841. The lowest BCUT2D eigenvalue weighted by Gasteiger charge is -2.52. The summed E-state index contributed by atoms with van der Waals surface area (Å²) in [6, 6.07) is 7.27. The predicted octanol–water partition coefficient (Wildman–Crippen LogP) is 4.27. The molecule has 32 heavy (non-hydrogen) atoms. The molecule has 178 valence electrons. The number of aliphatic hydroxyl groups is 1. The number of hydrogen-bond donors (Lipinski definition) is 1. The van der Waals surface area contributed by atoms with E-state index in [4.69, 9.17) is 4.74 Å². The second kappa shape index (κ2) is 8.62. The van der Waals surface area contributed by atoms with Gasteiger partial charge in [0, 0.05) is 50.3 Å². The molecule has 1 amide bonds. The molecule has 4 rings (SSSR count). The van der Waals surface area contributed by atoms with E-state index in [0.29, 0.717) is 12.1 Å². The first-order valence-corrected chi connectivity index (χ1v) is 12.2. The van der Waals surface area contributed by atoms with Crippen molar-refractivity contribution in [2.24, 2.45) is 0 Å². The fourth-order valence-corrected chi connectivity index (χ4v) is 5.80. The highest BCUT2D eigenvalue weighted by Crippen LogP contribution is 2.44. The highest BCUT2D eigenvalue weighted by molar-refractivity contribution is 5.68. The Balaban J connectivity index is 1.37. The third-order valence-corrected chi connectivity index (χ3v) is 7.74. The van der Waals surface area contributed by atoms with Gasteiger partial charge in [-0.05, 0) is 71.9 Å². The molecule has 0 unspecified atom stereocenters. The summed E-state index contributed by atoms with van der Waals surface area (Å²) >= 11 is 0. The molecule has 2 heterocycles. The molecule has 0 spiro atoms. The molecule has 2 saturated heterocycles. The molecule has 0 radical (unpaired) electrons. The molecule has 2 aliphatic heterocycles. The Morgan fingerprint density at radius 3 is 2.44 bits per heavy atom. The van der Waals surface area contributed by atoms with Crippen molar-refractivity contribution in [2.75, 3.05) is 32.7 Å². The van der Waals surface area contributed by atoms with Crippen LogP contribution >= 0.6 is 0 Å². The van der Waals surface area contributed by atoms with Crippen LogP contribution in [0.2, 0.25) is 0 Å². The van der Waals surface area contributed by atoms with Crippen LogP contribution in [0.3, 0.4) is 0 Å². The van der Waals surface area contributed by atoms with Crippen LogP contribution in [0.4, 0.5) is 4.79 Å². The van der Waals surface area contributed by atoms with Crippen LogP contribution in [-0.2, 0) is 4.74 Å². The number of fused-ring (bicyclic) bond motifs is 1. The summed E-state index contributed by atoms with van der Waals surface area (Å²) < 4.78 is 5.57. The summed E-state index contributed by atoms with van der Waals surface area (Å²) in [5.41, 5.74) is 3.30. The van der Waals surface area contributed by atoms with Crippen molar-refractivity contribution in [2.45, 2.75) is 90.1 Å². The van der Waals surface area contributed by atoms with Crippen LogP contribution in [0.5, 0.6) is 0 Å². The number of nitrogens with zero attached hydrogens (tertiary/aromatic N) is 3. The predicted molar refractivity (Wildman–Crippen MR) is 127 cm³/mol. The number of carbonyl (C=O) groups is 1. The largest absolute Gasteiger partial charge is 0.444 e. The summed E-state index contributed by atoms with van der Waals surface area (Å²) in [6.45, 7) is 17.1. The van der Waals surface area contributed by atoms with Gasteiger partial charge in [0.25, 0.3) is 0 Å². The van der Waals surface area contributed by atoms with Crippen molar-refractivity contribution >= 4 is 6.09 Å². The third-order valence-electron chi connectivity index (χ3n) is 7.74. The molecular weight excluding hydrogens is 402 g/mol. The minimum Gasteiger partial charge on any atom is -0.444 e. The van der Waals surface area contributed by atoms with E-state index in [0.717, 1.165) is 57.5 Å². The zero-order valence-corrected chi connectivity index (χ0v) is 20.7. The lowest BCUT2D eigenvalue weighted by atomic mass is 9.86. The first kappa shape index (κ1) is 23.5. The molecule has 6 nitrogen and oxygen atoms in total. The van der Waals surface area contributed by atoms with E-state index in [2.05, 4.69) is 48.8 Å². The molecule has 6 heteroatoms. The molecule has 2 fully saturated rings. The zero-order chi connectivity index (χ0) is 23.3. The average molecular weight is 444 g/mol. The number of amides is 1. The van der Waals surface area contributed by atoms with Crippen LogP contribution in [0.25, 0.3) is 0 Å². The fourth-order valence-electron chi connectivity index (χ4n) is 5.80. The van der Waals surface area contributed by atoms with Crippen molar-refractivity contribution < 1.29 is 14.6 Å². The van der Waals surface area contributed by atoms with E-state index < -0.39 is 5.60 Å². The maximum absolute atomic E-state index is 12.5. The Morgan fingerprint density at radius 2 is 1.81 bits per heavy atom. The molecule has 0 bridgehead atoms. The van der Waals surface area contributed by atoms with Crippen molar-refractivity contribution in [1.29, 1.82) is 0 Å². The number of benzene rings is 1. The van der Waals surface area contributed by atoms with Crippen molar-refractivity contribution in [3.8, 4) is 0 Å². The van der Waals surface area contributed by atoms with E-state index in [-0.39, 0.29) is 17.7 Å². The van der Waals surface area contributed by atoms with E-state index in [1.165, 1.54) is 11.1 Å². The number of piperidine rings is 1. The summed E-state index contributed by atoms with van der Waals surface area (Å²) in [7, 11) is 0. The third kappa shape index (κ3) is 4.68. The van der Waals surface area contributed by atoms with E-state index in [1.54, 1.807) is 0 Å². The highest BCUT2D eigenvalue weighted by Gasteiger charge is 2.43. The Morgan fingerprint density at radius 1 is 1.12 bits per heavy atom. The SMILES string of the molecule is Cc1ccc2c(c1)[C@@H](O)C[C@@H]2N1CCN(C2(C)CCN(C(=O)OC(C)(C)C)CC2)C[C@@H]1C. The number of carbonyl (C=O) groups excluding carboxylic acids is 1. The highest BCUT2D eigenvalue weighted by atomic mass is 16.6. The second-order valence-electron chi connectivity index (χ2n) is 11.4. The molecule has 1 aromatic rings. The van der Waals surface area contributed by atoms with Gasteiger partial charge in [-0.15, -0.1) is 0 Å². The molecule has 3 aliphatic rings. The Labute approximate surface area is 193 Å². The van der Waals surface area contributed by atoms with Gasteiger partial charge in [-0.2, -0.15) is 0 Å². The van der Waals surface area contributed by atoms with Gasteiger partial charge in [-0.25, -0.2) is 4.79 Å². The van der Waals surface area contributed by atoms with Crippen LogP contribution in [0, 0.1) is 6.92 Å². The number of aliphatic hydroxyl groups excluding tert-OH is 1. The molecule has 1 N–H and O–H groups in total. The standard InChI is InChI=1S/C26H41N3O3/c1-18-7-8-20-21(15-18)23(30)16-22(20)29-14-13-28(17-19(29)2)26(6)9-11-27(12-10-26)24(31)32-25(3,4)5/h7-8,15,19,22-23,30H,9-14,16-17H2,1-6H3/t19-,22-,23-/m0/s1. The van der Waals surface area contributed by atoms with Crippen molar-refractivity contribution in [3.63, 3.8) is 0 Å². The van der Waals surface area contributed by atoms with Gasteiger partial charge in [0.05, 0.1) is 6.10 Å². The van der Waals surface area contributed by atoms with E-state index >= 15 is 0 Å². The number of rotatable bonds is 2. The summed E-state index contributed by atoms with van der Waals surface area (Å²) in [5.74, 6) is 0. The summed E-state index contributed by atoms with van der Waals surface area (Å²) in [6.07, 6.45) is 2.21. The van der Waals surface area contributed by atoms with Gasteiger partial charge in [0.2, 0.25) is 0 Å². The molecule has 0 aromatic heterocycles. The molecule has 3 atom stereocenters. The fraction of sp³-hybridized carbons (Fsp3) is 0.731.